The molecule has 1 saturated carbocycles. The highest BCUT2D eigenvalue weighted by Gasteiger charge is 2.39. The molecule has 1 aliphatic carbocycles. The average molecular weight is 580 g/mol. The van der Waals surface area contributed by atoms with Gasteiger partial charge in [-0.3, -0.25) is 4.79 Å². The molecule has 1 aliphatic rings. The number of ether oxygens (including phenoxy) is 1. The van der Waals surface area contributed by atoms with Gasteiger partial charge >= 0.3 is 5.97 Å². The number of aliphatic carboxylic acids is 1. The third kappa shape index (κ3) is 8.09. The monoisotopic (exact) mass is 578 g/mol. The molecule has 31 heavy (non-hydrogen) atoms. The molecule has 0 saturated heterocycles. The van der Waals surface area contributed by atoms with Crippen molar-refractivity contribution in [2.24, 2.45) is 11.8 Å². The number of carboxylic acid groups (broad SMARTS) is 1. The second-order valence-electron chi connectivity index (χ2n) is 8.01. The maximum Gasteiger partial charge on any atom is 0.303 e. The van der Waals surface area contributed by atoms with E-state index in [0.29, 0.717) is 25.7 Å². The van der Waals surface area contributed by atoms with Crippen molar-refractivity contribution < 1.29 is 24.9 Å². The van der Waals surface area contributed by atoms with Gasteiger partial charge in [-0.2, -0.15) is 0 Å². The van der Waals surface area contributed by atoms with Crippen LogP contribution in [0.2, 0.25) is 0 Å². The molecule has 1 aromatic rings. The van der Waals surface area contributed by atoms with Gasteiger partial charge in [0.05, 0.1) is 18.3 Å². The van der Waals surface area contributed by atoms with Crippen molar-refractivity contribution in [3.8, 4) is 0 Å². The molecule has 5 nitrogen and oxygen atoms in total. The van der Waals surface area contributed by atoms with E-state index in [0.717, 1.165) is 21.8 Å². The Morgan fingerprint density at radius 2 is 2.00 bits per heavy atom. The summed E-state index contributed by atoms with van der Waals surface area (Å²) in [6.07, 6.45) is 11.0. The van der Waals surface area contributed by atoms with Gasteiger partial charge in [-0.05, 0) is 76.8 Å². The van der Waals surface area contributed by atoms with Gasteiger partial charge in [0.15, 0.2) is 0 Å². The molecule has 1 fully saturated rings. The Bertz CT molecular complexity index is 776. The highest BCUT2D eigenvalue weighted by atomic mass is 79.9. The topological polar surface area (TPSA) is 87.0 Å². The van der Waals surface area contributed by atoms with Crippen LogP contribution in [0.3, 0.4) is 0 Å². The summed E-state index contributed by atoms with van der Waals surface area (Å²) in [6.45, 7) is 2.09. The number of hydrogen-bond acceptors (Lipinski definition) is 5. The van der Waals surface area contributed by atoms with Crippen LogP contribution in [0.1, 0.15) is 48.3 Å². The highest BCUT2D eigenvalue weighted by Crippen LogP contribution is 2.38. The van der Waals surface area contributed by atoms with Crippen molar-refractivity contribution >= 4 is 49.2 Å². The van der Waals surface area contributed by atoms with Crippen molar-refractivity contribution in [2.45, 2.75) is 70.2 Å². The van der Waals surface area contributed by atoms with Crippen LogP contribution in [-0.2, 0) is 16.0 Å². The van der Waals surface area contributed by atoms with Crippen molar-refractivity contribution in [1.29, 1.82) is 0 Å². The van der Waals surface area contributed by atoms with Crippen LogP contribution in [0.4, 0.5) is 0 Å². The zero-order valence-electron chi connectivity index (χ0n) is 18.0. The number of unbranched alkanes of at least 4 members (excludes halogenated alkanes) is 1. The lowest BCUT2D eigenvalue weighted by atomic mass is 9.89. The lowest BCUT2D eigenvalue weighted by molar-refractivity contribution is -0.137. The first kappa shape index (κ1) is 26.7. The number of halogens is 2. The number of carboxylic acids is 1. The molecule has 0 bridgehead atoms. The van der Waals surface area contributed by atoms with Crippen LogP contribution in [0.15, 0.2) is 33.2 Å². The molecule has 0 aliphatic heterocycles. The minimum atomic E-state index is -0.783. The van der Waals surface area contributed by atoms with E-state index in [4.69, 9.17) is 9.84 Å². The van der Waals surface area contributed by atoms with Gasteiger partial charge in [-0.1, -0.05) is 24.3 Å². The molecular formula is C23H32Br2O5S. The summed E-state index contributed by atoms with van der Waals surface area (Å²) in [7, 11) is 1.69. The number of hydrogen-bond donors (Lipinski definition) is 3. The van der Waals surface area contributed by atoms with E-state index >= 15 is 0 Å². The predicted octanol–water partition coefficient (Wildman–Crippen LogP) is 5.64. The first-order chi connectivity index (χ1) is 14.7. The van der Waals surface area contributed by atoms with Crippen LogP contribution in [0.25, 0.3) is 0 Å². The first-order valence-electron chi connectivity index (χ1n) is 10.6. The van der Waals surface area contributed by atoms with Gasteiger partial charge in [-0.25, -0.2) is 0 Å². The van der Waals surface area contributed by atoms with Gasteiger partial charge < -0.3 is 20.1 Å². The fourth-order valence-electron chi connectivity index (χ4n) is 3.98. The Balaban J connectivity index is 1.92. The number of methoxy groups -OCH3 is 1. The van der Waals surface area contributed by atoms with Gasteiger partial charge in [0.2, 0.25) is 0 Å². The van der Waals surface area contributed by atoms with Gasteiger partial charge in [0.1, 0.15) is 0 Å². The molecule has 0 amide bonds. The maximum atomic E-state index is 10.6. The lowest BCUT2D eigenvalue weighted by Gasteiger charge is -2.20. The van der Waals surface area contributed by atoms with Crippen molar-refractivity contribution in [3.63, 3.8) is 0 Å². The van der Waals surface area contributed by atoms with Gasteiger partial charge in [-0.15, -0.1) is 11.3 Å². The summed E-state index contributed by atoms with van der Waals surface area (Å²) in [5.41, 5.74) is 0. The normalized spacial score (nSPS) is 25.1. The third-order valence-electron chi connectivity index (χ3n) is 5.78. The Kier molecular flexibility index (Phi) is 11.4. The van der Waals surface area contributed by atoms with E-state index in [1.54, 1.807) is 18.4 Å². The van der Waals surface area contributed by atoms with Crippen LogP contribution in [-0.4, -0.2) is 46.7 Å². The quantitative estimate of drug-likeness (QED) is 0.220. The van der Waals surface area contributed by atoms with E-state index < -0.39 is 18.2 Å². The van der Waals surface area contributed by atoms with E-state index in [-0.39, 0.29) is 24.4 Å². The number of aryl methyl sites for hydroxylation is 2. The SMILES string of the molecule is COC(/C=C/[C@H]1C(O)CC(O)[C@@H]1C/C=C\CCCC(=O)O)CCc1sc(C)c(Br)c1Br. The summed E-state index contributed by atoms with van der Waals surface area (Å²) in [5.74, 6) is -0.958. The predicted molar refractivity (Wildman–Crippen MR) is 132 cm³/mol. The Morgan fingerprint density at radius 3 is 2.61 bits per heavy atom. The zero-order chi connectivity index (χ0) is 23.0. The van der Waals surface area contributed by atoms with Crippen molar-refractivity contribution in [3.05, 3.63) is 43.0 Å². The Morgan fingerprint density at radius 1 is 1.26 bits per heavy atom. The number of allylic oxidation sites excluding steroid dienone is 2. The van der Waals surface area contributed by atoms with Gasteiger partial charge in [0.25, 0.3) is 0 Å². The molecule has 0 spiro atoms. The Hall–Kier alpha value is -0.510. The largest absolute Gasteiger partial charge is 0.481 e. The molecular weight excluding hydrogens is 548 g/mol. The van der Waals surface area contributed by atoms with Crippen molar-refractivity contribution in [1.82, 2.24) is 0 Å². The smallest absolute Gasteiger partial charge is 0.303 e. The van der Waals surface area contributed by atoms with Crippen molar-refractivity contribution in [2.75, 3.05) is 7.11 Å². The molecule has 5 atom stereocenters. The molecule has 0 aromatic carbocycles. The Labute approximate surface area is 205 Å². The fraction of sp³-hybridized carbons (Fsp3) is 0.609. The van der Waals surface area contributed by atoms with Gasteiger partial charge in [0, 0.05) is 44.6 Å². The molecule has 0 radical (unpaired) electrons. The average Bonchev–Trinajstić information content (AvgIpc) is 3.13. The number of aliphatic hydroxyl groups excluding tert-OH is 2. The molecule has 2 rings (SSSR count). The minimum Gasteiger partial charge on any atom is -0.481 e. The molecule has 174 valence electrons. The summed E-state index contributed by atoms with van der Waals surface area (Å²) in [4.78, 5) is 13.1. The number of aliphatic hydroxyl groups is 2. The molecule has 3 unspecified atom stereocenters. The highest BCUT2D eigenvalue weighted by molar-refractivity contribution is 9.13. The second kappa shape index (κ2) is 13.3. The van der Waals surface area contributed by atoms with E-state index in [9.17, 15) is 15.0 Å². The summed E-state index contributed by atoms with van der Waals surface area (Å²) >= 11 is 9.00. The van der Waals surface area contributed by atoms with Crippen LogP contribution >= 0.6 is 43.2 Å². The van der Waals surface area contributed by atoms with E-state index in [2.05, 4.69) is 38.8 Å². The molecule has 8 heteroatoms. The molecule has 1 heterocycles. The fourth-order valence-corrected chi connectivity index (χ4v) is 6.43. The molecule has 3 N–H and O–H groups in total. The van der Waals surface area contributed by atoms with E-state index in [1.807, 2.05) is 24.3 Å². The number of thiophene rings is 1. The zero-order valence-corrected chi connectivity index (χ0v) is 22.0. The third-order valence-corrected chi connectivity index (χ3v) is 9.87. The lowest BCUT2D eigenvalue weighted by Crippen LogP contribution is -2.20. The summed E-state index contributed by atoms with van der Waals surface area (Å²) in [5, 5.41) is 29.5. The minimum absolute atomic E-state index is 0.0514. The summed E-state index contributed by atoms with van der Waals surface area (Å²) < 4.78 is 7.86. The second-order valence-corrected chi connectivity index (χ2v) is 10.9. The first-order valence-corrected chi connectivity index (χ1v) is 13.0. The number of rotatable bonds is 12. The van der Waals surface area contributed by atoms with Crippen LogP contribution < -0.4 is 0 Å². The number of carbonyl (C=O) groups is 1. The summed E-state index contributed by atoms with van der Waals surface area (Å²) in [6, 6.07) is 0. The van der Waals surface area contributed by atoms with Crippen LogP contribution in [0, 0.1) is 18.8 Å². The van der Waals surface area contributed by atoms with Crippen LogP contribution in [0.5, 0.6) is 0 Å². The standard InChI is InChI=1S/C23H32Br2O5S/c1-14-22(24)23(25)20(31-14)12-10-15(30-2)9-11-17-16(18(26)13-19(17)27)7-5-3-4-6-8-21(28)29/h3,5,9,11,15-19,26-27H,4,6-8,10,12-13H2,1-2H3,(H,28,29)/b5-3-,11-9+/t15?,16-,17-,18?,19?/m1/s1. The molecule has 1 aromatic heterocycles. The maximum absolute atomic E-state index is 10.6. The van der Waals surface area contributed by atoms with E-state index in [1.165, 1.54) is 9.75 Å².